The summed E-state index contributed by atoms with van der Waals surface area (Å²) in [5.41, 5.74) is 6.24. The van der Waals surface area contributed by atoms with Gasteiger partial charge in [0, 0.05) is 42.5 Å². The van der Waals surface area contributed by atoms with E-state index in [0.29, 0.717) is 0 Å². The molecule has 5 nitrogen and oxygen atoms in total. The van der Waals surface area contributed by atoms with Crippen LogP contribution in [0.3, 0.4) is 0 Å². The predicted octanol–water partition coefficient (Wildman–Crippen LogP) is 7.81. The van der Waals surface area contributed by atoms with Crippen molar-refractivity contribution < 1.29 is 0 Å². The minimum absolute atomic E-state index is 0.800. The van der Waals surface area contributed by atoms with E-state index in [0.717, 1.165) is 60.3 Å². The Bertz CT molecular complexity index is 1560. The summed E-state index contributed by atoms with van der Waals surface area (Å²) in [6.45, 7) is 2.15. The Balaban J connectivity index is 0.956. The maximum atomic E-state index is 4.90. The molecule has 2 heterocycles. The summed E-state index contributed by atoms with van der Waals surface area (Å²) < 4.78 is 0. The lowest BCUT2D eigenvalue weighted by Gasteiger charge is -2.28. The summed E-state index contributed by atoms with van der Waals surface area (Å²) in [5, 5.41) is 6.29. The molecule has 212 valence electrons. The standard InChI is InChI=1S/C36H43N5/c1-41(2)36-31-15-7-9-17-33(31)38-34(40-36)18-10-11-26-19-21-27(22-20-26)25-37-24-23-30-29-14-6-8-16-32(29)39-35(30)28-12-4-3-5-13-28/h3-9,12-17,26-27,37,39H,10-11,18-25H2,1-2H3. The molecular weight excluding hydrogens is 502 g/mol. The molecule has 0 bridgehead atoms. The second-order valence-corrected chi connectivity index (χ2v) is 12.0. The van der Waals surface area contributed by atoms with Crippen molar-refractivity contribution in [3.63, 3.8) is 0 Å². The van der Waals surface area contributed by atoms with Gasteiger partial charge in [-0.2, -0.15) is 0 Å². The normalized spacial score (nSPS) is 17.3. The van der Waals surface area contributed by atoms with Gasteiger partial charge in [-0.1, -0.05) is 79.9 Å². The number of fused-ring (bicyclic) bond motifs is 2. The van der Waals surface area contributed by atoms with Gasteiger partial charge in [0.05, 0.1) is 5.52 Å². The van der Waals surface area contributed by atoms with Gasteiger partial charge >= 0.3 is 0 Å². The molecule has 0 spiro atoms. The highest BCUT2D eigenvalue weighted by atomic mass is 15.1. The number of hydrogen-bond donors (Lipinski definition) is 2. The lowest BCUT2D eigenvalue weighted by atomic mass is 9.80. The minimum atomic E-state index is 0.800. The Kier molecular flexibility index (Phi) is 8.62. The van der Waals surface area contributed by atoms with E-state index in [1.807, 2.05) is 0 Å². The summed E-state index contributed by atoms with van der Waals surface area (Å²) in [6.07, 6.45) is 9.86. The first-order valence-electron chi connectivity index (χ1n) is 15.4. The van der Waals surface area contributed by atoms with Gasteiger partial charge in [0.25, 0.3) is 0 Å². The van der Waals surface area contributed by atoms with Crippen molar-refractivity contribution >= 4 is 27.6 Å². The number of rotatable bonds is 11. The molecule has 0 aliphatic heterocycles. The number of H-pyrrole nitrogens is 1. The molecule has 2 aromatic heterocycles. The van der Waals surface area contributed by atoms with Crippen LogP contribution in [-0.2, 0) is 12.8 Å². The molecule has 2 N–H and O–H groups in total. The minimum Gasteiger partial charge on any atom is -0.362 e. The molecule has 6 rings (SSSR count). The summed E-state index contributed by atoms with van der Waals surface area (Å²) in [4.78, 5) is 15.5. The van der Waals surface area contributed by atoms with E-state index in [1.165, 1.54) is 66.2 Å². The van der Waals surface area contributed by atoms with Crippen LogP contribution in [-0.4, -0.2) is 42.1 Å². The number of hydrogen-bond acceptors (Lipinski definition) is 4. The summed E-state index contributed by atoms with van der Waals surface area (Å²) in [7, 11) is 4.13. The second kappa shape index (κ2) is 12.9. The summed E-state index contributed by atoms with van der Waals surface area (Å²) in [5.74, 6) is 3.66. The first kappa shape index (κ1) is 27.5. The van der Waals surface area contributed by atoms with Gasteiger partial charge in [0.15, 0.2) is 0 Å². The molecule has 1 fully saturated rings. The highest BCUT2D eigenvalue weighted by Gasteiger charge is 2.21. The SMILES string of the molecule is CN(C)c1nc(CCCC2CCC(CNCCc3c(-c4ccccc4)[nH]c4ccccc34)CC2)nc2ccccc12. The second-order valence-electron chi connectivity index (χ2n) is 12.0. The Hall–Kier alpha value is -3.70. The van der Waals surface area contributed by atoms with Gasteiger partial charge in [0.2, 0.25) is 0 Å². The molecule has 41 heavy (non-hydrogen) atoms. The Morgan fingerprint density at radius 3 is 2.29 bits per heavy atom. The Labute approximate surface area is 244 Å². The number of para-hydroxylation sites is 2. The fourth-order valence-corrected chi connectivity index (χ4v) is 6.66. The van der Waals surface area contributed by atoms with Crippen LogP contribution >= 0.6 is 0 Å². The number of nitrogens with one attached hydrogen (secondary N) is 2. The molecule has 1 saturated carbocycles. The van der Waals surface area contributed by atoms with Crippen LogP contribution in [0, 0.1) is 11.8 Å². The van der Waals surface area contributed by atoms with Crippen LogP contribution < -0.4 is 10.2 Å². The van der Waals surface area contributed by atoms with Crippen LogP contribution in [0.4, 0.5) is 5.82 Å². The van der Waals surface area contributed by atoms with Crippen LogP contribution in [0.1, 0.15) is 49.9 Å². The number of benzene rings is 3. The van der Waals surface area contributed by atoms with E-state index in [2.05, 4.69) is 108 Å². The molecular formula is C36H43N5. The largest absolute Gasteiger partial charge is 0.362 e. The molecule has 3 aromatic carbocycles. The monoisotopic (exact) mass is 545 g/mol. The fraction of sp³-hybridized carbons (Fsp3) is 0.389. The Morgan fingerprint density at radius 1 is 0.780 bits per heavy atom. The van der Waals surface area contributed by atoms with Gasteiger partial charge < -0.3 is 15.2 Å². The smallest absolute Gasteiger partial charge is 0.139 e. The van der Waals surface area contributed by atoms with Crippen molar-refractivity contribution in [2.24, 2.45) is 11.8 Å². The van der Waals surface area contributed by atoms with E-state index in [4.69, 9.17) is 9.97 Å². The summed E-state index contributed by atoms with van der Waals surface area (Å²) >= 11 is 0. The number of nitrogens with zero attached hydrogens (tertiary/aromatic N) is 3. The van der Waals surface area contributed by atoms with Crippen LogP contribution in [0.2, 0.25) is 0 Å². The number of anilines is 1. The molecule has 0 atom stereocenters. The van der Waals surface area contributed by atoms with E-state index < -0.39 is 0 Å². The topological polar surface area (TPSA) is 56.8 Å². The fourth-order valence-electron chi connectivity index (χ4n) is 6.66. The Morgan fingerprint density at radius 2 is 1.49 bits per heavy atom. The molecule has 1 aliphatic rings. The lowest BCUT2D eigenvalue weighted by molar-refractivity contribution is 0.254. The van der Waals surface area contributed by atoms with Crippen molar-refractivity contribution in [3.05, 3.63) is 90.3 Å². The third-order valence-electron chi connectivity index (χ3n) is 8.89. The lowest BCUT2D eigenvalue weighted by Crippen LogP contribution is -2.28. The van der Waals surface area contributed by atoms with Crippen LogP contribution in [0.5, 0.6) is 0 Å². The zero-order chi connectivity index (χ0) is 28.0. The van der Waals surface area contributed by atoms with Gasteiger partial charge in [-0.3, -0.25) is 0 Å². The third-order valence-corrected chi connectivity index (χ3v) is 8.89. The third kappa shape index (κ3) is 6.46. The number of aromatic amines is 1. The molecule has 0 radical (unpaired) electrons. The average Bonchev–Trinajstić information content (AvgIpc) is 3.38. The first-order valence-corrected chi connectivity index (χ1v) is 15.4. The number of aromatic nitrogens is 3. The molecule has 0 amide bonds. The zero-order valence-corrected chi connectivity index (χ0v) is 24.6. The van der Waals surface area contributed by atoms with Crippen molar-refractivity contribution in [2.45, 2.75) is 51.4 Å². The molecule has 0 saturated heterocycles. The van der Waals surface area contributed by atoms with Crippen molar-refractivity contribution in [2.75, 3.05) is 32.1 Å². The van der Waals surface area contributed by atoms with Gasteiger partial charge in [-0.15, -0.1) is 0 Å². The maximum absolute atomic E-state index is 4.90. The number of aryl methyl sites for hydroxylation is 1. The molecule has 0 unspecified atom stereocenters. The molecule has 1 aliphatic carbocycles. The van der Waals surface area contributed by atoms with Crippen molar-refractivity contribution in [1.82, 2.24) is 20.3 Å². The van der Waals surface area contributed by atoms with Crippen LogP contribution in [0.25, 0.3) is 33.1 Å². The van der Waals surface area contributed by atoms with E-state index in [1.54, 1.807) is 0 Å². The van der Waals surface area contributed by atoms with E-state index in [9.17, 15) is 0 Å². The molecule has 5 heteroatoms. The van der Waals surface area contributed by atoms with E-state index >= 15 is 0 Å². The van der Waals surface area contributed by atoms with Gasteiger partial charge in [-0.25, -0.2) is 9.97 Å². The zero-order valence-electron chi connectivity index (χ0n) is 24.6. The highest BCUT2D eigenvalue weighted by Crippen LogP contribution is 2.33. The predicted molar refractivity (Wildman–Crippen MR) is 173 cm³/mol. The first-order chi connectivity index (χ1) is 20.2. The van der Waals surface area contributed by atoms with Gasteiger partial charge in [-0.05, 0) is 79.9 Å². The van der Waals surface area contributed by atoms with Crippen LogP contribution in [0.15, 0.2) is 78.9 Å². The highest BCUT2D eigenvalue weighted by molar-refractivity contribution is 5.91. The average molecular weight is 546 g/mol. The van der Waals surface area contributed by atoms with Crippen molar-refractivity contribution in [3.8, 4) is 11.3 Å². The van der Waals surface area contributed by atoms with Crippen molar-refractivity contribution in [1.29, 1.82) is 0 Å². The summed E-state index contributed by atoms with van der Waals surface area (Å²) in [6, 6.07) is 27.8. The van der Waals surface area contributed by atoms with E-state index in [-0.39, 0.29) is 0 Å². The molecule has 5 aromatic rings. The van der Waals surface area contributed by atoms with Gasteiger partial charge in [0.1, 0.15) is 11.6 Å². The quantitative estimate of drug-likeness (QED) is 0.166. The maximum Gasteiger partial charge on any atom is 0.139 e.